The Bertz CT molecular complexity index is 365. The highest BCUT2D eigenvalue weighted by atomic mass is 79.9. The van der Waals surface area contributed by atoms with Gasteiger partial charge in [0.25, 0.3) is 0 Å². The van der Waals surface area contributed by atoms with Crippen LogP contribution in [0.5, 0.6) is 0 Å². The van der Waals surface area contributed by atoms with Gasteiger partial charge in [0.2, 0.25) is 0 Å². The average molecular weight is 317 g/mol. The van der Waals surface area contributed by atoms with Crippen LogP contribution in [0.3, 0.4) is 0 Å². The van der Waals surface area contributed by atoms with Gasteiger partial charge < -0.3 is 5.32 Å². The molecule has 0 aromatic heterocycles. The second-order valence-electron chi connectivity index (χ2n) is 4.05. The van der Waals surface area contributed by atoms with E-state index in [2.05, 4.69) is 40.8 Å². The van der Waals surface area contributed by atoms with Crippen LogP contribution in [0.2, 0.25) is 5.02 Å². The molecule has 0 fully saturated rings. The Hall–Kier alpha value is -0.310. The maximum atomic E-state index is 6.13. The second-order valence-corrected chi connectivity index (χ2v) is 5.31. The van der Waals surface area contributed by atoms with Gasteiger partial charge in [-0.3, -0.25) is 0 Å². The highest BCUT2D eigenvalue weighted by Crippen LogP contribution is 2.27. The van der Waals surface area contributed by atoms with Crippen molar-refractivity contribution in [2.45, 2.75) is 32.2 Å². The summed E-state index contributed by atoms with van der Waals surface area (Å²) in [7, 11) is 0. The number of halogens is 2. The minimum Gasteiger partial charge on any atom is -0.310 e. The summed E-state index contributed by atoms with van der Waals surface area (Å²) in [5.74, 6) is 0. The van der Waals surface area contributed by atoms with Gasteiger partial charge >= 0.3 is 0 Å². The molecule has 1 atom stereocenters. The van der Waals surface area contributed by atoms with Gasteiger partial charge in [-0.2, -0.15) is 0 Å². The van der Waals surface area contributed by atoms with Gasteiger partial charge in [-0.05, 0) is 59.4 Å². The number of hydrogen-bond donors (Lipinski definition) is 1. The van der Waals surface area contributed by atoms with Crippen LogP contribution < -0.4 is 5.32 Å². The van der Waals surface area contributed by atoms with E-state index in [1.165, 1.54) is 5.56 Å². The van der Waals surface area contributed by atoms with Crippen molar-refractivity contribution in [2.24, 2.45) is 0 Å². The molecule has 0 spiro atoms. The Morgan fingerprint density at radius 3 is 2.88 bits per heavy atom. The zero-order chi connectivity index (χ0) is 12.7. The minimum atomic E-state index is 0.360. The lowest BCUT2D eigenvalue weighted by Gasteiger charge is -2.19. The molecule has 17 heavy (non-hydrogen) atoms. The summed E-state index contributed by atoms with van der Waals surface area (Å²) in [5.41, 5.74) is 1.24. The molecule has 1 unspecified atom stereocenters. The summed E-state index contributed by atoms with van der Waals surface area (Å²) >= 11 is 9.55. The third-order valence-corrected chi connectivity index (χ3v) is 3.88. The van der Waals surface area contributed by atoms with Gasteiger partial charge in [-0.25, -0.2) is 0 Å². The predicted molar refractivity (Wildman–Crippen MR) is 79.6 cm³/mol. The maximum absolute atomic E-state index is 6.13. The normalized spacial score (nSPS) is 12.4. The van der Waals surface area contributed by atoms with Crippen LogP contribution in [-0.4, -0.2) is 6.54 Å². The Morgan fingerprint density at radius 1 is 1.53 bits per heavy atom. The number of benzene rings is 1. The molecule has 0 amide bonds. The van der Waals surface area contributed by atoms with E-state index >= 15 is 0 Å². The van der Waals surface area contributed by atoms with Crippen molar-refractivity contribution >= 4 is 27.5 Å². The van der Waals surface area contributed by atoms with E-state index in [0.717, 1.165) is 35.3 Å². The lowest BCUT2D eigenvalue weighted by molar-refractivity contribution is 0.503. The van der Waals surface area contributed by atoms with Crippen LogP contribution >= 0.6 is 27.5 Å². The Kier molecular flexibility index (Phi) is 6.86. The molecule has 1 nitrogen and oxygen atoms in total. The fraction of sp³-hybridized carbons (Fsp3) is 0.429. The molecule has 0 heterocycles. The summed E-state index contributed by atoms with van der Waals surface area (Å²) in [5, 5.41) is 4.31. The van der Waals surface area contributed by atoms with E-state index in [0.29, 0.717) is 6.04 Å². The first kappa shape index (κ1) is 14.7. The predicted octanol–water partition coefficient (Wildman–Crippen LogP) is 5.11. The highest BCUT2D eigenvalue weighted by molar-refractivity contribution is 9.10. The number of nitrogens with one attached hydrogen (secondary N) is 1. The van der Waals surface area contributed by atoms with E-state index in [1.807, 2.05) is 18.2 Å². The smallest absolute Gasteiger partial charge is 0.0551 e. The molecule has 1 N–H and O–H groups in total. The first-order chi connectivity index (χ1) is 8.19. The molecular weight excluding hydrogens is 298 g/mol. The maximum Gasteiger partial charge on any atom is 0.0551 e. The number of allylic oxidation sites excluding steroid dienone is 1. The zero-order valence-corrected chi connectivity index (χ0v) is 12.5. The van der Waals surface area contributed by atoms with Gasteiger partial charge in [0.1, 0.15) is 0 Å². The van der Waals surface area contributed by atoms with E-state index in [1.54, 1.807) is 0 Å². The standard InChI is InChI=1S/C14H19BrClN/c1-3-5-6-14(17-9-4-2)11-7-8-12(15)13(16)10-11/h3,7-8,10,14,17H,1,4-6,9H2,2H3. The van der Waals surface area contributed by atoms with Gasteiger partial charge in [-0.1, -0.05) is 30.7 Å². The minimum absolute atomic E-state index is 0.360. The van der Waals surface area contributed by atoms with Crippen molar-refractivity contribution in [3.8, 4) is 0 Å². The third kappa shape index (κ3) is 4.82. The molecule has 1 aromatic carbocycles. The number of rotatable bonds is 7. The molecule has 94 valence electrons. The lowest BCUT2D eigenvalue weighted by atomic mass is 10.0. The molecule has 0 saturated heterocycles. The summed E-state index contributed by atoms with van der Waals surface area (Å²) in [6, 6.07) is 6.51. The van der Waals surface area contributed by atoms with Crippen LogP contribution in [-0.2, 0) is 0 Å². The quantitative estimate of drug-likeness (QED) is 0.689. The van der Waals surface area contributed by atoms with E-state index in [-0.39, 0.29) is 0 Å². The molecule has 0 radical (unpaired) electrons. The summed E-state index contributed by atoms with van der Waals surface area (Å²) in [6.45, 7) is 6.97. The van der Waals surface area contributed by atoms with Crippen molar-refractivity contribution < 1.29 is 0 Å². The van der Waals surface area contributed by atoms with Crippen LogP contribution in [0, 0.1) is 0 Å². The molecular formula is C14H19BrClN. The van der Waals surface area contributed by atoms with E-state index < -0.39 is 0 Å². The van der Waals surface area contributed by atoms with Gasteiger partial charge in [-0.15, -0.1) is 6.58 Å². The molecule has 3 heteroatoms. The first-order valence-electron chi connectivity index (χ1n) is 5.98. The molecule has 0 aliphatic rings. The van der Waals surface area contributed by atoms with Crippen molar-refractivity contribution in [1.29, 1.82) is 0 Å². The topological polar surface area (TPSA) is 12.0 Å². The fourth-order valence-electron chi connectivity index (χ4n) is 1.72. The van der Waals surface area contributed by atoms with Crippen LogP contribution in [0.1, 0.15) is 37.8 Å². The zero-order valence-electron chi connectivity index (χ0n) is 10.2. The first-order valence-corrected chi connectivity index (χ1v) is 7.15. The van der Waals surface area contributed by atoms with Crippen molar-refractivity contribution in [2.75, 3.05) is 6.54 Å². The van der Waals surface area contributed by atoms with Gasteiger partial charge in [0.15, 0.2) is 0 Å². The lowest BCUT2D eigenvalue weighted by Crippen LogP contribution is -2.22. The van der Waals surface area contributed by atoms with Crippen molar-refractivity contribution in [3.05, 3.63) is 45.9 Å². The Balaban J connectivity index is 2.78. The third-order valence-electron chi connectivity index (χ3n) is 2.65. The summed E-state index contributed by atoms with van der Waals surface area (Å²) in [4.78, 5) is 0. The summed E-state index contributed by atoms with van der Waals surface area (Å²) in [6.07, 6.45) is 5.16. The van der Waals surface area contributed by atoms with Crippen molar-refractivity contribution in [1.82, 2.24) is 5.32 Å². The van der Waals surface area contributed by atoms with Crippen LogP contribution in [0.4, 0.5) is 0 Å². The largest absolute Gasteiger partial charge is 0.310 e. The Labute approximate surface area is 117 Å². The second kappa shape index (κ2) is 7.91. The van der Waals surface area contributed by atoms with Crippen LogP contribution in [0.15, 0.2) is 35.3 Å². The average Bonchev–Trinajstić information content (AvgIpc) is 2.33. The van der Waals surface area contributed by atoms with Gasteiger partial charge in [0, 0.05) is 10.5 Å². The highest BCUT2D eigenvalue weighted by Gasteiger charge is 2.11. The molecule has 1 aromatic rings. The molecule has 0 bridgehead atoms. The molecule has 1 rings (SSSR count). The van der Waals surface area contributed by atoms with Crippen LogP contribution in [0.25, 0.3) is 0 Å². The molecule has 0 saturated carbocycles. The number of hydrogen-bond acceptors (Lipinski definition) is 1. The fourth-order valence-corrected chi connectivity index (χ4v) is 2.15. The molecule has 0 aliphatic carbocycles. The molecule has 0 aliphatic heterocycles. The SMILES string of the molecule is C=CCCC(NCCC)c1ccc(Br)c(Cl)c1. The monoisotopic (exact) mass is 315 g/mol. The Morgan fingerprint density at radius 2 is 2.29 bits per heavy atom. The van der Waals surface area contributed by atoms with Crippen molar-refractivity contribution in [3.63, 3.8) is 0 Å². The van der Waals surface area contributed by atoms with Gasteiger partial charge in [0.05, 0.1) is 5.02 Å². The van der Waals surface area contributed by atoms with E-state index in [9.17, 15) is 0 Å². The van der Waals surface area contributed by atoms with E-state index in [4.69, 9.17) is 11.6 Å². The summed E-state index contributed by atoms with van der Waals surface area (Å²) < 4.78 is 0.945.